The lowest BCUT2D eigenvalue weighted by molar-refractivity contribution is -0.122. The van der Waals surface area contributed by atoms with Gasteiger partial charge in [0.05, 0.1) is 21.8 Å². The fourth-order valence-corrected chi connectivity index (χ4v) is 9.75. The van der Waals surface area contributed by atoms with Gasteiger partial charge in [-0.1, -0.05) is 40.9 Å². The molecule has 2 saturated heterocycles. The number of amides is 1. The molecule has 0 bridgehead atoms. The first-order chi connectivity index (χ1) is 24.5. The molecule has 7 rings (SSSR count). The van der Waals surface area contributed by atoms with Crippen LogP contribution < -0.4 is 16.4 Å². The Kier molecular flexibility index (Phi) is 10.4. The molecule has 2 atom stereocenters. The normalized spacial score (nSPS) is 23.7. The summed E-state index contributed by atoms with van der Waals surface area (Å²) >= 11 is 12.4. The minimum Gasteiger partial charge on any atom is -0.369 e. The number of nitrogens with two attached hydrogens (primary N) is 1. The predicted molar refractivity (Wildman–Crippen MR) is 196 cm³/mol. The number of imidazole rings is 1. The molecule has 1 aliphatic carbocycles. The Balaban J connectivity index is 1.11. The molecule has 1 saturated carbocycles. The van der Waals surface area contributed by atoms with Crippen LogP contribution >= 0.6 is 23.2 Å². The first-order valence-corrected chi connectivity index (χ1v) is 19.7. The van der Waals surface area contributed by atoms with Crippen molar-refractivity contribution in [1.29, 1.82) is 0 Å². The molecular formula is C35H42Cl2FN9O3S. The van der Waals surface area contributed by atoms with Gasteiger partial charge >= 0.3 is 0 Å². The fraction of sp³-hybridized carbons (Fsp3) is 0.486. The van der Waals surface area contributed by atoms with Gasteiger partial charge in [0.1, 0.15) is 11.3 Å². The number of fused-ring (bicyclic) bond motifs is 1. The second-order valence-electron chi connectivity index (χ2n) is 13.9. The molecule has 3 fully saturated rings. The summed E-state index contributed by atoms with van der Waals surface area (Å²) in [6, 6.07) is 9.76. The Labute approximate surface area is 307 Å². The number of aromatic nitrogens is 4. The third-order valence-electron chi connectivity index (χ3n) is 10.5. The van der Waals surface area contributed by atoms with Crippen LogP contribution in [0.1, 0.15) is 63.0 Å². The number of carbonyl (C=O) groups is 1. The molecule has 0 radical (unpaired) electrons. The molecule has 4 N–H and O–H groups in total. The van der Waals surface area contributed by atoms with E-state index in [1.807, 2.05) is 23.6 Å². The van der Waals surface area contributed by atoms with Crippen molar-refractivity contribution in [1.82, 2.24) is 28.7 Å². The lowest BCUT2D eigenvalue weighted by atomic mass is 9.85. The molecule has 272 valence electrons. The molecule has 0 spiro atoms. The molecule has 16 heteroatoms. The second-order valence-corrected chi connectivity index (χ2v) is 16.7. The number of nitrogens with zero attached hydrogens (tertiary/aromatic N) is 6. The fourth-order valence-electron chi connectivity index (χ4n) is 7.72. The Morgan fingerprint density at radius 1 is 0.961 bits per heavy atom. The van der Waals surface area contributed by atoms with Crippen molar-refractivity contribution < 1.29 is 17.6 Å². The summed E-state index contributed by atoms with van der Waals surface area (Å²) in [5.41, 5.74) is 7.78. The molecule has 4 heterocycles. The first kappa shape index (κ1) is 35.8. The van der Waals surface area contributed by atoms with Gasteiger partial charge in [-0.3, -0.25) is 14.3 Å². The van der Waals surface area contributed by atoms with E-state index in [-0.39, 0.29) is 45.7 Å². The van der Waals surface area contributed by atoms with Crippen molar-refractivity contribution in [3.8, 4) is 0 Å². The Hall–Kier alpha value is -3.56. The van der Waals surface area contributed by atoms with E-state index in [0.29, 0.717) is 66.7 Å². The second kappa shape index (κ2) is 14.8. The number of rotatable bonds is 9. The summed E-state index contributed by atoms with van der Waals surface area (Å²) in [6.45, 7) is 4.53. The maximum atomic E-state index is 15.0. The van der Waals surface area contributed by atoms with E-state index in [0.717, 1.165) is 44.3 Å². The van der Waals surface area contributed by atoms with Gasteiger partial charge in [-0.25, -0.2) is 22.8 Å². The number of hydrogen-bond donors (Lipinski definition) is 3. The highest BCUT2D eigenvalue weighted by Gasteiger charge is 2.35. The molecule has 51 heavy (non-hydrogen) atoms. The number of hydrogen-bond acceptors (Lipinski definition) is 9. The lowest BCUT2D eigenvalue weighted by Crippen LogP contribution is -2.54. The highest BCUT2D eigenvalue weighted by Crippen LogP contribution is 2.39. The third kappa shape index (κ3) is 7.66. The van der Waals surface area contributed by atoms with Crippen molar-refractivity contribution in [2.45, 2.75) is 81.3 Å². The number of sulfonamides is 1. The number of nitrogens with one attached hydrogen (secondary N) is 2. The summed E-state index contributed by atoms with van der Waals surface area (Å²) in [4.78, 5) is 28.9. The monoisotopic (exact) mass is 757 g/mol. The topological polar surface area (TPSA) is 151 Å². The van der Waals surface area contributed by atoms with Crippen molar-refractivity contribution in [2.75, 3.05) is 36.8 Å². The van der Waals surface area contributed by atoms with E-state index in [2.05, 4.69) is 20.5 Å². The SMILES string of the molecule is Cc1ccc(S(=O)(=O)N2CCC[C@@H](N3CCC[C@@H](Nc4ncc5nc(Nc6c(F)cc(Cl)cc6Cl)n(C6CCC(C(N)=O)CC6)c5n4)C3)C2)cc1. The number of anilines is 3. The summed E-state index contributed by atoms with van der Waals surface area (Å²) < 4.78 is 45.6. The van der Waals surface area contributed by atoms with E-state index >= 15 is 4.39 Å². The van der Waals surface area contributed by atoms with Gasteiger partial charge in [0.25, 0.3) is 0 Å². The van der Waals surface area contributed by atoms with Crippen LogP contribution in [0.2, 0.25) is 10.0 Å². The van der Waals surface area contributed by atoms with Gasteiger partial charge in [-0.05, 0) is 89.1 Å². The number of primary amides is 1. The van der Waals surface area contributed by atoms with Gasteiger partial charge in [0.2, 0.25) is 27.8 Å². The number of carbonyl (C=O) groups excluding carboxylic acids is 1. The van der Waals surface area contributed by atoms with Gasteiger partial charge in [-0.15, -0.1) is 0 Å². The smallest absolute Gasteiger partial charge is 0.243 e. The maximum Gasteiger partial charge on any atom is 0.243 e. The molecule has 1 amide bonds. The number of likely N-dealkylation sites (tertiary alicyclic amines) is 1. The molecule has 2 aromatic carbocycles. The summed E-state index contributed by atoms with van der Waals surface area (Å²) in [6.07, 6.45) is 7.80. The van der Waals surface area contributed by atoms with Crippen LogP contribution in [0, 0.1) is 18.7 Å². The van der Waals surface area contributed by atoms with Crippen molar-refractivity contribution in [2.24, 2.45) is 11.7 Å². The predicted octanol–water partition coefficient (Wildman–Crippen LogP) is 6.27. The Morgan fingerprint density at radius 2 is 1.71 bits per heavy atom. The number of halogens is 3. The van der Waals surface area contributed by atoms with Crippen LogP contribution in [0.25, 0.3) is 11.2 Å². The standard InChI is InChI=1S/C35H42Cl2FN9O3S/c1-21-6-12-27(13-7-21)51(49,50)46-15-3-5-26(20-46)45-14-2-4-24(19-45)41-34-40-18-30-33(44-34)47(25-10-8-22(9-11-25)32(39)48)35(42-30)43-31-28(37)16-23(36)17-29(31)38/h6-7,12-13,16-18,22,24-26H,2-5,8-11,14-15,19-20H2,1H3,(H2,39,48)(H,42,43)(H,40,41,44)/t22?,24-,25?,26-/m1/s1. The maximum absolute atomic E-state index is 15.0. The van der Waals surface area contributed by atoms with E-state index in [1.54, 1.807) is 22.6 Å². The average Bonchev–Trinajstić information content (AvgIpc) is 3.47. The van der Waals surface area contributed by atoms with Gasteiger partial charge < -0.3 is 16.4 Å². The molecule has 3 aliphatic rings. The molecule has 12 nitrogen and oxygen atoms in total. The van der Waals surface area contributed by atoms with Crippen LogP contribution in [-0.4, -0.2) is 81.3 Å². The number of benzene rings is 2. The molecule has 2 aromatic heterocycles. The van der Waals surface area contributed by atoms with E-state index in [1.165, 1.54) is 12.1 Å². The van der Waals surface area contributed by atoms with Gasteiger partial charge in [-0.2, -0.15) is 9.29 Å². The Bertz CT molecular complexity index is 2000. The van der Waals surface area contributed by atoms with Crippen LogP contribution in [0.15, 0.2) is 47.5 Å². The molecule has 4 aromatic rings. The van der Waals surface area contributed by atoms with Crippen molar-refractivity contribution in [3.05, 3.63) is 64.0 Å². The first-order valence-electron chi connectivity index (χ1n) is 17.5. The van der Waals surface area contributed by atoms with E-state index in [9.17, 15) is 13.2 Å². The lowest BCUT2D eigenvalue weighted by Gasteiger charge is -2.42. The molecular weight excluding hydrogens is 716 g/mol. The zero-order chi connectivity index (χ0) is 35.9. The van der Waals surface area contributed by atoms with Crippen molar-refractivity contribution in [3.63, 3.8) is 0 Å². The summed E-state index contributed by atoms with van der Waals surface area (Å²) in [7, 11) is -3.58. The van der Waals surface area contributed by atoms with E-state index in [4.69, 9.17) is 38.9 Å². The van der Waals surface area contributed by atoms with Crippen LogP contribution in [-0.2, 0) is 14.8 Å². The van der Waals surface area contributed by atoms with Gasteiger partial charge in [0.15, 0.2) is 5.65 Å². The largest absolute Gasteiger partial charge is 0.369 e. The highest BCUT2D eigenvalue weighted by molar-refractivity contribution is 7.89. The number of aryl methyl sites for hydroxylation is 1. The van der Waals surface area contributed by atoms with Crippen molar-refractivity contribution >= 4 is 67.9 Å². The molecule has 2 aliphatic heterocycles. The Morgan fingerprint density at radius 3 is 2.43 bits per heavy atom. The summed E-state index contributed by atoms with van der Waals surface area (Å²) in [5.74, 6) is -0.325. The number of piperidine rings is 2. The average molecular weight is 759 g/mol. The highest BCUT2D eigenvalue weighted by atomic mass is 35.5. The molecule has 0 unspecified atom stereocenters. The van der Waals surface area contributed by atoms with E-state index < -0.39 is 15.8 Å². The van der Waals surface area contributed by atoms with Crippen LogP contribution in [0.3, 0.4) is 0 Å². The quantitative estimate of drug-likeness (QED) is 0.180. The van der Waals surface area contributed by atoms with Crippen LogP contribution in [0.5, 0.6) is 0 Å². The van der Waals surface area contributed by atoms with Gasteiger partial charge in [0, 0.05) is 48.7 Å². The minimum absolute atomic E-state index is 0.0437. The summed E-state index contributed by atoms with van der Waals surface area (Å²) in [5, 5.41) is 6.91. The minimum atomic E-state index is -3.58. The zero-order valence-electron chi connectivity index (χ0n) is 28.4. The zero-order valence-corrected chi connectivity index (χ0v) is 30.7. The van der Waals surface area contributed by atoms with Crippen LogP contribution in [0.4, 0.5) is 22.0 Å². The third-order valence-corrected chi connectivity index (χ3v) is 12.9.